The smallest absolute Gasteiger partial charge is 0.148 e. The molecule has 2 nitrogen and oxygen atoms in total. The van der Waals surface area contributed by atoms with Gasteiger partial charge in [-0.05, 0) is 13.8 Å². The van der Waals surface area contributed by atoms with Gasteiger partial charge in [-0.2, -0.15) is 0 Å². The van der Waals surface area contributed by atoms with Crippen LogP contribution in [0, 0.1) is 11.3 Å². The summed E-state index contributed by atoms with van der Waals surface area (Å²) in [5.41, 5.74) is -0.797. The summed E-state index contributed by atoms with van der Waals surface area (Å²) in [6.07, 6.45) is 0.704. The van der Waals surface area contributed by atoms with Gasteiger partial charge in [-0.3, -0.25) is 4.79 Å². The van der Waals surface area contributed by atoms with Crippen molar-refractivity contribution in [3.63, 3.8) is 0 Å². The number of ketones is 1. The Hall–Kier alpha value is -0.660. The molecule has 0 atom stereocenters. The zero-order valence-electron chi connectivity index (χ0n) is 6.97. The molecule has 0 N–H and O–H groups in total. The van der Waals surface area contributed by atoms with Crippen molar-refractivity contribution < 1.29 is 9.59 Å². The average molecular weight is 142 g/mol. The van der Waals surface area contributed by atoms with Gasteiger partial charge < -0.3 is 4.79 Å². The maximum absolute atomic E-state index is 11.2. The van der Waals surface area contributed by atoms with E-state index in [0.717, 1.165) is 0 Å². The standard InChI is InChI=1S/C8H14O2/c1-6(2)7(10)8(3,4)5-9/h5-6H,1-4H3. The zero-order chi connectivity index (χ0) is 8.36. The largest absolute Gasteiger partial charge is 0.302 e. The van der Waals surface area contributed by atoms with Crippen LogP contribution >= 0.6 is 0 Å². The summed E-state index contributed by atoms with van der Waals surface area (Å²) in [6, 6.07) is 0. The summed E-state index contributed by atoms with van der Waals surface area (Å²) in [6.45, 7) is 6.88. The number of Topliss-reactive ketones (excluding diaryl/α,β-unsaturated/α-hetero) is 1. The Morgan fingerprint density at radius 3 is 1.90 bits per heavy atom. The van der Waals surface area contributed by atoms with Gasteiger partial charge in [0, 0.05) is 5.92 Å². The second kappa shape index (κ2) is 2.95. The van der Waals surface area contributed by atoms with Crippen molar-refractivity contribution in [2.24, 2.45) is 11.3 Å². The molecule has 0 aromatic heterocycles. The van der Waals surface area contributed by atoms with E-state index >= 15 is 0 Å². The maximum Gasteiger partial charge on any atom is 0.148 e. The third-order valence-corrected chi connectivity index (χ3v) is 1.45. The molecule has 0 saturated carbocycles. The Kier molecular flexibility index (Phi) is 2.76. The number of hydrogen-bond acceptors (Lipinski definition) is 2. The molecule has 0 amide bonds. The van der Waals surface area contributed by atoms with Gasteiger partial charge in [-0.15, -0.1) is 0 Å². The van der Waals surface area contributed by atoms with Crippen LogP contribution in [0.3, 0.4) is 0 Å². The molecule has 58 valence electrons. The van der Waals surface area contributed by atoms with Crippen molar-refractivity contribution in [3.05, 3.63) is 0 Å². The molecule has 0 radical (unpaired) electrons. The lowest BCUT2D eigenvalue weighted by Gasteiger charge is -2.17. The Balaban J connectivity index is 4.33. The number of rotatable bonds is 3. The molecule has 0 aliphatic rings. The molecule has 0 saturated heterocycles. The molecule has 0 rings (SSSR count). The van der Waals surface area contributed by atoms with Crippen LogP contribution in [0.5, 0.6) is 0 Å². The fourth-order valence-electron chi connectivity index (χ4n) is 0.802. The summed E-state index contributed by atoms with van der Waals surface area (Å²) < 4.78 is 0. The van der Waals surface area contributed by atoms with Crippen LogP contribution in [0.4, 0.5) is 0 Å². The Morgan fingerprint density at radius 2 is 1.80 bits per heavy atom. The fourth-order valence-corrected chi connectivity index (χ4v) is 0.802. The van der Waals surface area contributed by atoms with Gasteiger partial charge in [0.05, 0.1) is 5.41 Å². The summed E-state index contributed by atoms with van der Waals surface area (Å²) in [5.74, 6) is -0.0531. The van der Waals surface area contributed by atoms with Gasteiger partial charge in [0.2, 0.25) is 0 Å². The van der Waals surface area contributed by atoms with E-state index in [1.54, 1.807) is 27.7 Å². The Morgan fingerprint density at radius 1 is 1.40 bits per heavy atom. The lowest BCUT2D eigenvalue weighted by atomic mass is 9.84. The molecular weight excluding hydrogens is 128 g/mol. The van der Waals surface area contributed by atoms with Crippen molar-refractivity contribution in [1.82, 2.24) is 0 Å². The van der Waals surface area contributed by atoms with Crippen molar-refractivity contribution in [2.75, 3.05) is 0 Å². The SMILES string of the molecule is CC(C)C(=O)C(C)(C)C=O. The first-order chi connectivity index (χ1) is 4.41. The van der Waals surface area contributed by atoms with Crippen molar-refractivity contribution >= 4 is 12.1 Å². The molecule has 0 unspecified atom stereocenters. The average Bonchev–Trinajstić information content (AvgIpc) is 1.86. The minimum Gasteiger partial charge on any atom is -0.302 e. The van der Waals surface area contributed by atoms with Crippen LogP contribution in [-0.2, 0) is 9.59 Å². The van der Waals surface area contributed by atoms with Crippen LogP contribution in [0.15, 0.2) is 0 Å². The van der Waals surface area contributed by atoms with Gasteiger partial charge in [0.15, 0.2) is 0 Å². The van der Waals surface area contributed by atoms with E-state index in [9.17, 15) is 9.59 Å². The summed E-state index contributed by atoms with van der Waals surface area (Å²) in [5, 5.41) is 0. The second-order valence-electron chi connectivity index (χ2n) is 3.36. The first-order valence-electron chi connectivity index (χ1n) is 3.42. The zero-order valence-corrected chi connectivity index (χ0v) is 6.97. The maximum atomic E-state index is 11.2. The van der Waals surface area contributed by atoms with E-state index in [2.05, 4.69) is 0 Å². The highest BCUT2D eigenvalue weighted by Crippen LogP contribution is 2.17. The molecule has 0 aliphatic carbocycles. The van der Waals surface area contributed by atoms with Gasteiger partial charge in [0.25, 0.3) is 0 Å². The van der Waals surface area contributed by atoms with E-state index in [1.807, 2.05) is 0 Å². The first kappa shape index (κ1) is 9.34. The number of carbonyl (C=O) groups excluding carboxylic acids is 2. The van der Waals surface area contributed by atoms with E-state index < -0.39 is 5.41 Å². The van der Waals surface area contributed by atoms with E-state index in [1.165, 1.54) is 0 Å². The van der Waals surface area contributed by atoms with Crippen molar-refractivity contribution in [3.8, 4) is 0 Å². The van der Waals surface area contributed by atoms with Gasteiger partial charge >= 0.3 is 0 Å². The van der Waals surface area contributed by atoms with Crippen LogP contribution in [0.2, 0.25) is 0 Å². The van der Waals surface area contributed by atoms with Crippen LogP contribution < -0.4 is 0 Å². The minimum atomic E-state index is -0.797. The quantitative estimate of drug-likeness (QED) is 0.441. The lowest BCUT2D eigenvalue weighted by molar-refractivity contribution is -0.135. The Bertz CT molecular complexity index is 145. The van der Waals surface area contributed by atoms with Crippen LogP contribution in [0.25, 0.3) is 0 Å². The lowest BCUT2D eigenvalue weighted by Crippen LogP contribution is -2.29. The predicted octanol–water partition coefficient (Wildman–Crippen LogP) is 1.44. The van der Waals surface area contributed by atoms with Crippen LogP contribution in [0.1, 0.15) is 27.7 Å². The highest BCUT2D eigenvalue weighted by molar-refractivity contribution is 5.98. The van der Waals surface area contributed by atoms with Gasteiger partial charge in [-0.25, -0.2) is 0 Å². The van der Waals surface area contributed by atoms with Crippen molar-refractivity contribution in [1.29, 1.82) is 0 Å². The molecule has 0 fully saturated rings. The van der Waals surface area contributed by atoms with Crippen LogP contribution in [-0.4, -0.2) is 12.1 Å². The summed E-state index contributed by atoms with van der Waals surface area (Å²) in [4.78, 5) is 21.5. The summed E-state index contributed by atoms with van der Waals surface area (Å²) >= 11 is 0. The predicted molar refractivity (Wildman–Crippen MR) is 39.7 cm³/mol. The third kappa shape index (κ3) is 1.94. The Labute approximate surface area is 61.6 Å². The highest BCUT2D eigenvalue weighted by atomic mass is 16.1. The van der Waals surface area contributed by atoms with Crippen molar-refractivity contribution in [2.45, 2.75) is 27.7 Å². The number of carbonyl (C=O) groups is 2. The van der Waals surface area contributed by atoms with E-state index in [0.29, 0.717) is 6.29 Å². The molecule has 10 heavy (non-hydrogen) atoms. The first-order valence-corrected chi connectivity index (χ1v) is 3.42. The number of hydrogen-bond donors (Lipinski definition) is 0. The molecular formula is C8H14O2. The molecule has 0 heterocycles. The second-order valence-corrected chi connectivity index (χ2v) is 3.36. The van der Waals surface area contributed by atoms with E-state index in [4.69, 9.17) is 0 Å². The molecule has 2 heteroatoms. The third-order valence-electron chi connectivity index (χ3n) is 1.45. The molecule has 0 aromatic carbocycles. The molecule has 0 aromatic rings. The molecule has 0 aliphatic heterocycles. The highest BCUT2D eigenvalue weighted by Gasteiger charge is 2.28. The summed E-state index contributed by atoms with van der Waals surface area (Å²) in [7, 11) is 0. The molecule has 0 spiro atoms. The minimum absolute atomic E-state index is 0.00231. The fraction of sp³-hybridized carbons (Fsp3) is 0.750. The van der Waals surface area contributed by atoms with E-state index in [-0.39, 0.29) is 11.7 Å². The monoisotopic (exact) mass is 142 g/mol. The number of aldehydes is 1. The van der Waals surface area contributed by atoms with Gasteiger partial charge in [0.1, 0.15) is 12.1 Å². The molecule has 0 bridgehead atoms. The normalized spacial score (nSPS) is 11.7. The van der Waals surface area contributed by atoms with Gasteiger partial charge in [-0.1, -0.05) is 13.8 Å². The topological polar surface area (TPSA) is 34.1 Å².